The summed E-state index contributed by atoms with van der Waals surface area (Å²) in [7, 11) is 0. The number of alkyl halides is 3. The van der Waals surface area contributed by atoms with Crippen LogP contribution in [0.4, 0.5) is 13.2 Å². The second-order valence-corrected chi connectivity index (χ2v) is 7.26. The molecule has 0 aliphatic carbocycles. The quantitative estimate of drug-likeness (QED) is 0.741. The summed E-state index contributed by atoms with van der Waals surface area (Å²) in [5.41, 5.74) is 1.26. The Morgan fingerprint density at radius 2 is 1.87 bits per heavy atom. The van der Waals surface area contributed by atoms with Crippen LogP contribution in [0.5, 0.6) is 5.75 Å². The first kappa shape index (κ1) is 22.1. The van der Waals surface area contributed by atoms with Gasteiger partial charge in [-0.1, -0.05) is 35.9 Å². The largest absolute Gasteiger partial charge is 0.484 e. The molecular weight excluding hydrogens is 397 g/mol. The third kappa shape index (κ3) is 6.47. The number of carbonyl (C=O) groups is 1. The molecule has 1 heterocycles. The van der Waals surface area contributed by atoms with E-state index in [1.807, 2.05) is 31.2 Å². The number of aryl methyl sites for hydroxylation is 1. The minimum Gasteiger partial charge on any atom is -0.484 e. The molecule has 0 spiro atoms. The average Bonchev–Trinajstić information content (AvgIpc) is 2.73. The van der Waals surface area contributed by atoms with E-state index in [0.29, 0.717) is 19.8 Å². The predicted molar refractivity (Wildman–Crippen MR) is 106 cm³/mol. The second-order valence-electron chi connectivity index (χ2n) is 7.26. The summed E-state index contributed by atoms with van der Waals surface area (Å²) < 4.78 is 49.2. The van der Waals surface area contributed by atoms with E-state index < -0.39 is 17.6 Å². The Morgan fingerprint density at radius 3 is 2.53 bits per heavy atom. The number of morpholine rings is 1. The van der Waals surface area contributed by atoms with Gasteiger partial charge >= 0.3 is 6.18 Å². The first-order chi connectivity index (χ1) is 14.3. The Balaban J connectivity index is 1.63. The summed E-state index contributed by atoms with van der Waals surface area (Å²) in [6, 6.07) is 12.1. The highest BCUT2D eigenvalue weighted by atomic mass is 19.4. The first-order valence-electron chi connectivity index (χ1n) is 9.77. The highest BCUT2D eigenvalue weighted by Gasteiger charge is 2.30. The van der Waals surface area contributed by atoms with E-state index in [9.17, 15) is 18.0 Å². The summed E-state index contributed by atoms with van der Waals surface area (Å²) in [6.45, 7) is 5.08. The molecule has 1 aliphatic heterocycles. The van der Waals surface area contributed by atoms with Crippen molar-refractivity contribution in [2.75, 3.05) is 39.5 Å². The topological polar surface area (TPSA) is 50.8 Å². The lowest BCUT2D eigenvalue weighted by molar-refractivity contribution is -0.137. The van der Waals surface area contributed by atoms with Crippen LogP contribution in [0.15, 0.2) is 48.5 Å². The van der Waals surface area contributed by atoms with Gasteiger partial charge in [-0.3, -0.25) is 9.69 Å². The molecule has 0 saturated carbocycles. The molecule has 1 saturated heterocycles. The molecule has 5 nitrogen and oxygen atoms in total. The number of carbonyl (C=O) groups excluding carboxylic acids is 1. The maximum Gasteiger partial charge on any atom is 0.416 e. The van der Waals surface area contributed by atoms with Gasteiger partial charge in [0.1, 0.15) is 5.75 Å². The molecule has 0 aromatic heterocycles. The van der Waals surface area contributed by atoms with Gasteiger partial charge in [-0.05, 0) is 30.7 Å². The monoisotopic (exact) mass is 422 g/mol. The van der Waals surface area contributed by atoms with Crippen LogP contribution in [0.1, 0.15) is 22.7 Å². The fourth-order valence-corrected chi connectivity index (χ4v) is 3.22. The van der Waals surface area contributed by atoms with E-state index in [4.69, 9.17) is 9.47 Å². The number of nitrogens with one attached hydrogen (secondary N) is 1. The number of nitrogens with zero attached hydrogens (tertiary/aromatic N) is 1. The van der Waals surface area contributed by atoms with E-state index >= 15 is 0 Å². The van der Waals surface area contributed by atoms with Crippen LogP contribution in [-0.2, 0) is 15.7 Å². The van der Waals surface area contributed by atoms with Crippen molar-refractivity contribution in [2.24, 2.45) is 0 Å². The number of amides is 1. The molecular formula is C22H25F3N2O3. The number of ether oxygens (including phenoxy) is 2. The summed E-state index contributed by atoms with van der Waals surface area (Å²) in [6.07, 6.45) is -4.46. The van der Waals surface area contributed by atoms with E-state index in [1.165, 1.54) is 12.1 Å². The van der Waals surface area contributed by atoms with E-state index in [2.05, 4.69) is 10.2 Å². The number of benzene rings is 2. The minimum atomic E-state index is -4.46. The normalized spacial score (nSPS) is 16.1. The van der Waals surface area contributed by atoms with Gasteiger partial charge in [0.2, 0.25) is 0 Å². The van der Waals surface area contributed by atoms with Crippen molar-refractivity contribution in [3.8, 4) is 5.75 Å². The zero-order valence-corrected chi connectivity index (χ0v) is 16.7. The van der Waals surface area contributed by atoms with Gasteiger partial charge in [0, 0.05) is 19.6 Å². The lowest BCUT2D eigenvalue weighted by Crippen LogP contribution is -2.44. The van der Waals surface area contributed by atoms with Crippen LogP contribution in [-0.4, -0.2) is 50.3 Å². The maximum atomic E-state index is 12.8. The highest BCUT2D eigenvalue weighted by Crippen LogP contribution is 2.31. The van der Waals surface area contributed by atoms with E-state index in [1.54, 1.807) is 0 Å². The fourth-order valence-electron chi connectivity index (χ4n) is 3.22. The van der Waals surface area contributed by atoms with Crippen LogP contribution in [0, 0.1) is 6.92 Å². The zero-order chi connectivity index (χ0) is 21.6. The summed E-state index contributed by atoms with van der Waals surface area (Å²) in [5.74, 6) is -0.397. The summed E-state index contributed by atoms with van der Waals surface area (Å²) in [5, 5.41) is 2.95. The number of hydrogen-bond acceptors (Lipinski definition) is 4. The van der Waals surface area contributed by atoms with Crippen LogP contribution in [0.2, 0.25) is 0 Å². The molecule has 1 N–H and O–H groups in total. The SMILES string of the molecule is Cc1ccc([C@@H](CN2CCOCC2)NC(=O)COc2cccc(C(F)(F)F)c2)cc1. The van der Waals surface area contributed by atoms with Crippen LogP contribution >= 0.6 is 0 Å². The molecule has 30 heavy (non-hydrogen) atoms. The van der Waals surface area contributed by atoms with Crippen molar-refractivity contribution in [3.05, 3.63) is 65.2 Å². The Hall–Kier alpha value is -2.58. The van der Waals surface area contributed by atoms with Gasteiger partial charge in [-0.2, -0.15) is 13.2 Å². The van der Waals surface area contributed by atoms with Gasteiger partial charge in [0.15, 0.2) is 6.61 Å². The third-order valence-electron chi connectivity index (χ3n) is 4.89. The second kappa shape index (κ2) is 9.95. The Kier molecular flexibility index (Phi) is 7.33. The minimum absolute atomic E-state index is 0.0000372. The van der Waals surface area contributed by atoms with Crippen LogP contribution in [0.3, 0.4) is 0 Å². The lowest BCUT2D eigenvalue weighted by Gasteiger charge is -2.31. The number of halogens is 3. The van der Waals surface area contributed by atoms with E-state index in [-0.39, 0.29) is 18.4 Å². The number of hydrogen-bond donors (Lipinski definition) is 1. The Morgan fingerprint density at radius 1 is 1.17 bits per heavy atom. The average molecular weight is 422 g/mol. The molecule has 0 bridgehead atoms. The molecule has 1 fully saturated rings. The Bertz CT molecular complexity index is 834. The molecule has 162 valence electrons. The zero-order valence-electron chi connectivity index (χ0n) is 16.7. The Labute approximate surface area is 173 Å². The van der Waals surface area contributed by atoms with Crippen molar-refractivity contribution in [1.29, 1.82) is 0 Å². The van der Waals surface area contributed by atoms with Crippen LogP contribution in [0.25, 0.3) is 0 Å². The van der Waals surface area contributed by atoms with Crippen LogP contribution < -0.4 is 10.1 Å². The van der Waals surface area contributed by atoms with Gasteiger partial charge < -0.3 is 14.8 Å². The first-order valence-corrected chi connectivity index (χ1v) is 9.77. The third-order valence-corrected chi connectivity index (χ3v) is 4.89. The van der Waals surface area contributed by atoms with Gasteiger partial charge in [-0.25, -0.2) is 0 Å². The maximum absolute atomic E-state index is 12.8. The summed E-state index contributed by atoms with van der Waals surface area (Å²) in [4.78, 5) is 14.7. The van der Waals surface area contributed by atoms with Gasteiger partial charge in [0.25, 0.3) is 5.91 Å². The molecule has 0 radical (unpaired) electrons. The van der Waals surface area contributed by atoms with Crippen molar-refractivity contribution in [2.45, 2.75) is 19.1 Å². The van der Waals surface area contributed by atoms with E-state index in [0.717, 1.165) is 36.3 Å². The van der Waals surface area contributed by atoms with Gasteiger partial charge in [-0.15, -0.1) is 0 Å². The standard InChI is InChI=1S/C22H25F3N2O3/c1-16-5-7-17(8-6-16)20(14-27-9-11-29-12-10-27)26-21(28)15-30-19-4-2-3-18(13-19)22(23,24)25/h2-8,13,20H,9-12,14-15H2,1H3,(H,26,28)/t20-/m1/s1. The molecule has 2 aromatic rings. The smallest absolute Gasteiger partial charge is 0.416 e. The van der Waals surface area contributed by atoms with Crippen molar-refractivity contribution >= 4 is 5.91 Å². The molecule has 1 aliphatic rings. The fraction of sp³-hybridized carbons (Fsp3) is 0.409. The number of rotatable bonds is 7. The van der Waals surface area contributed by atoms with Crippen molar-refractivity contribution < 1.29 is 27.4 Å². The molecule has 1 atom stereocenters. The highest BCUT2D eigenvalue weighted by molar-refractivity contribution is 5.78. The van der Waals surface area contributed by atoms with Crippen molar-refractivity contribution in [3.63, 3.8) is 0 Å². The summed E-state index contributed by atoms with van der Waals surface area (Å²) >= 11 is 0. The molecule has 8 heteroatoms. The molecule has 1 amide bonds. The van der Waals surface area contributed by atoms with Gasteiger partial charge in [0.05, 0.1) is 24.8 Å². The molecule has 0 unspecified atom stereocenters. The predicted octanol–water partition coefficient (Wildman–Crippen LogP) is 3.58. The molecule has 3 rings (SSSR count). The lowest BCUT2D eigenvalue weighted by atomic mass is 10.0. The molecule has 2 aromatic carbocycles. The van der Waals surface area contributed by atoms with Crippen molar-refractivity contribution in [1.82, 2.24) is 10.2 Å².